The molecule has 0 saturated heterocycles. The van der Waals surface area contributed by atoms with Gasteiger partial charge in [0, 0.05) is 24.6 Å². The minimum atomic E-state index is 0.0363. The lowest BCUT2D eigenvalue weighted by molar-refractivity contribution is 0.348. The van der Waals surface area contributed by atoms with Gasteiger partial charge in [-0.15, -0.1) is 11.3 Å². The van der Waals surface area contributed by atoms with Crippen molar-refractivity contribution in [2.75, 3.05) is 0 Å². The summed E-state index contributed by atoms with van der Waals surface area (Å²) in [5, 5.41) is 0. The van der Waals surface area contributed by atoms with Gasteiger partial charge in [0.25, 0.3) is 0 Å². The highest BCUT2D eigenvalue weighted by Crippen LogP contribution is 2.32. The van der Waals surface area contributed by atoms with Crippen LogP contribution in [0.15, 0.2) is 89.4 Å². The zero-order chi connectivity index (χ0) is 19.8. The van der Waals surface area contributed by atoms with Crippen molar-refractivity contribution in [2.45, 2.75) is 19.5 Å². The SMILES string of the molecule is CC1=NC(N)=CC(c2ccc3ncsc3c2)N1Cc1cccc(-n2cccc2)c1. The fourth-order valence-electron chi connectivity index (χ4n) is 3.80. The van der Waals surface area contributed by atoms with Crippen LogP contribution < -0.4 is 5.73 Å². The Morgan fingerprint density at radius 1 is 1.07 bits per heavy atom. The maximum atomic E-state index is 6.12. The van der Waals surface area contributed by atoms with Crippen LogP contribution in [0.2, 0.25) is 0 Å². The van der Waals surface area contributed by atoms with Gasteiger partial charge in [-0.2, -0.15) is 0 Å². The average molecular weight is 400 g/mol. The Kier molecular flexibility index (Phi) is 4.41. The lowest BCUT2D eigenvalue weighted by Crippen LogP contribution is -2.35. The Balaban J connectivity index is 1.50. The minimum Gasteiger partial charge on any atom is -0.384 e. The Hall–Kier alpha value is -3.38. The monoisotopic (exact) mass is 399 g/mol. The fourth-order valence-corrected chi connectivity index (χ4v) is 4.53. The van der Waals surface area contributed by atoms with E-state index in [1.807, 2.05) is 30.6 Å². The number of rotatable bonds is 4. The molecule has 3 heterocycles. The highest BCUT2D eigenvalue weighted by Gasteiger charge is 2.24. The smallest absolute Gasteiger partial charge is 0.123 e. The third kappa shape index (κ3) is 3.43. The van der Waals surface area contributed by atoms with E-state index >= 15 is 0 Å². The molecule has 2 aromatic carbocycles. The van der Waals surface area contributed by atoms with E-state index in [1.165, 1.54) is 15.8 Å². The standard InChI is InChI=1S/C23H21N5S/c1-16-26-23(24)13-21(18-7-8-20-22(12-18)29-15-25-20)28(16)14-17-5-4-6-19(11-17)27-9-2-3-10-27/h2-13,15,21H,14,24H2,1H3. The van der Waals surface area contributed by atoms with Crippen molar-refractivity contribution in [3.05, 3.63) is 95.5 Å². The first kappa shape index (κ1) is 17.7. The Morgan fingerprint density at radius 3 is 2.79 bits per heavy atom. The number of nitrogens with zero attached hydrogens (tertiary/aromatic N) is 4. The van der Waals surface area contributed by atoms with Crippen LogP contribution in [0, 0.1) is 0 Å². The summed E-state index contributed by atoms with van der Waals surface area (Å²) in [7, 11) is 0. The first-order valence-electron chi connectivity index (χ1n) is 9.52. The number of fused-ring (bicyclic) bond motifs is 1. The quantitative estimate of drug-likeness (QED) is 0.533. The van der Waals surface area contributed by atoms with Gasteiger partial charge in [-0.3, -0.25) is 0 Å². The second-order valence-corrected chi connectivity index (χ2v) is 8.05. The molecule has 0 spiro atoms. The lowest BCUT2D eigenvalue weighted by atomic mass is 10.0. The second kappa shape index (κ2) is 7.22. The molecule has 6 heteroatoms. The zero-order valence-corrected chi connectivity index (χ0v) is 16.9. The van der Waals surface area contributed by atoms with Crippen molar-refractivity contribution in [1.29, 1.82) is 0 Å². The van der Waals surface area contributed by atoms with E-state index in [2.05, 4.69) is 74.3 Å². The van der Waals surface area contributed by atoms with Gasteiger partial charge in [-0.25, -0.2) is 9.98 Å². The zero-order valence-electron chi connectivity index (χ0n) is 16.1. The highest BCUT2D eigenvalue weighted by atomic mass is 32.1. The molecular formula is C23H21N5S. The summed E-state index contributed by atoms with van der Waals surface area (Å²) in [5.74, 6) is 1.49. The molecule has 1 aliphatic heterocycles. The maximum absolute atomic E-state index is 6.12. The molecule has 0 aliphatic carbocycles. The van der Waals surface area contributed by atoms with Crippen LogP contribution in [0.4, 0.5) is 0 Å². The van der Waals surface area contributed by atoms with Gasteiger partial charge in [0.2, 0.25) is 0 Å². The van der Waals surface area contributed by atoms with Crippen molar-refractivity contribution in [3.63, 3.8) is 0 Å². The Bertz CT molecular complexity index is 1220. The molecule has 0 bridgehead atoms. The van der Waals surface area contributed by atoms with Gasteiger partial charge in [0.15, 0.2) is 0 Å². The first-order chi connectivity index (χ1) is 14.2. The van der Waals surface area contributed by atoms with E-state index in [0.29, 0.717) is 5.82 Å². The van der Waals surface area contributed by atoms with Crippen LogP contribution >= 0.6 is 11.3 Å². The number of thiazole rings is 1. The summed E-state index contributed by atoms with van der Waals surface area (Å²) in [6.07, 6.45) is 6.15. The summed E-state index contributed by atoms with van der Waals surface area (Å²) < 4.78 is 3.30. The van der Waals surface area contributed by atoms with Gasteiger partial charge >= 0.3 is 0 Å². The summed E-state index contributed by atoms with van der Waals surface area (Å²) >= 11 is 1.66. The summed E-state index contributed by atoms with van der Waals surface area (Å²) in [6, 6.07) is 19.1. The molecule has 5 rings (SSSR count). The highest BCUT2D eigenvalue weighted by molar-refractivity contribution is 7.16. The number of hydrogen-bond acceptors (Lipinski definition) is 5. The molecule has 144 valence electrons. The van der Waals surface area contributed by atoms with Crippen LogP contribution in [0.5, 0.6) is 0 Å². The van der Waals surface area contributed by atoms with Gasteiger partial charge in [0.05, 0.1) is 21.8 Å². The predicted octanol–water partition coefficient (Wildman–Crippen LogP) is 4.86. The minimum absolute atomic E-state index is 0.0363. The maximum Gasteiger partial charge on any atom is 0.123 e. The predicted molar refractivity (Wildman–Crippen MR) is 119 cm³/mol. The number of aromatic nitrogens is 2. The number of nitrogens with two attached hydrogens (primary N) is 1. The summed E-state index contributed by atoms with van der Waals surface area (Å²) in [5.41, 5.74) is 12.6. The van der Waals surface area contributed by atoms with Crippen LogP contribution in [0.1, 0.15) is 24.1 Å². The van der Waals surface area contributed by atoms with E-state index in [-0.39, 0.29) is 6.04 Å². The molecule has 0 amide bonds. The molecule has 0 saturated carbocycles. The molecule has 2 N–H and O–H groups in total. The molecule has 0 fully saturated rings. The molecule has 29 heavy (non-hydrogen) atoms. The number of benzene rings is 2. The Morgan fingerprint density at radius 2 is 1.93 bits per heavy atom. The third-order valence-electron chi connectivity index (χ3n) is 5.23. The van der Waals surface area contributed by atoms with E-state index < -0.39 is 0 Å². The van der Waals surface area contributed by atoms with E-state index in [9.17, 15) is 0 Å². The van der Waals surface area contributed by atoms with Crippen molar-refractivity contribution in [1.82, 2.24) is 14.5 Å². The van der Waals surface area contributed by atoms with Crippen molar-refractivity contribution in [3.8, 4) is 5.69 Å². The van der Waals surface area contributed by atoms with Crippen LogP contribution in [0.3, 0.4) is 0 Å². The average Bonchev–Trinajstić information content (AvgIpc) is 3.41. The summed E-state index contributed by atoms with van der Waals surface area (Å²) in [6.45, 7) is 2.77. The van der Waals surface area contributed by atoms with Gasteiger partial charge in [-0.1, -0.05) is 18.2 Å². The normalized spacial score (nSPS) is 16.7. The largest absolute Gasteiger partial charge is 0.384 e. The van der Waals surface area contributed by atoms with Crippen LogP contribution in [-0.2, 0) is 6.54 Å². The van der Waals surface area contributed by atoms with Gasteiger partial charge in [0.1, 0.15) is 11.7 Å². The molecule has 1 atom stereocenters. The lowest BCUT2D eigenvalue weighted by Gasteiger charge is -2.34. The topological polar surface area (TPSA) is 59.4 Å². The number of amidine groups is 1. The van der Waals surface area contributed by atoms with Gasteiger partial charge in [-0.05, 0) is 60.5 Å². The molecule has 5 nitrogen and oxygen atoms in total. The molecule has 2 aromatic heterocycles. The molecule has 4 aromatic rings. The molecule has 1 aliphatic rings. The molecule has 1 unspecified atom stereocenters. The van der Waals surface area contributed by atoms with E-state index in [4.69, 9.17) is 5.73 Å². The van der Waals surface area contributed by atoms with Crippen molar-refractivity contribution >= 4 is 27.4 Å². The number of aliphatic imine (C=N–C) groups is 1. The van der Waals surface area contributed by atoms with Crippen LogP contribution in [0.25, 0.3) is 15.9 Å². The second-order valence-electron chi connectivity index (χ2n) is 7.16. The molecular weight excluding hydrogens is 378 g/mol. The van der Waals surface area contributed by atoms with Crippen molar-refractivity contribution in [2.24, 2.45) is 10.7 Å². The summed E-state index contributed by atoms with van der Waals surface area (Å²) in [4.78, 5) is 11.2. The fraction of sp³-hybridized carbons (Fsp3) is 0.130. The third-order valence-corrected chi connectivity index (χ3v) is 6.03. The van der Waals surface area contributed by atoms with Crippen LogP contribution in [-0.4, -0.2) is 20.3 Å². The first-order valence-corrected chi connectivity index (χ1v) is 10.4. The van der Waals surface area contributed by atoms with E-state index in [0.717, 1.165) is 23.6 Å². The number of hydrogen-bond donors (Lipinski definition) is 1. The van der Waals surface area contributed by atoms with Crippen molar-refractivity contribution < 1.29 is 0 Å². The van der Waals surface area contributed by atoms with Gasteiger partial charge < -0.3 is 15.2 Å². The Labute approximate surface area is 173 Å². The molecule has 0 radical (unpaired) electrons. The van der Waals surface area contributed by atoms with E-state index in [1.54, 1.807) is 11.3 Å².